The molecule has 2 aromatic carbocycles. The molecule has 222 valence electrons. The van der Waals surface area contributed by atoms with Gasteiger partial charge in [0.2, 0.25) is 0 Å². The maximum absolute atomic E-state index is 13.8. The number of likely N-dealkylation sites (tertiary alicyclic amines) is 1. The Morgan fingerprint density at radius 1 is 1.02 bits per heavy atom. The predicted octanol–water partition coefficient (Wildman–Crippen LogP) is 6.79. The molecule has 0 radical (unpaired) electrons. The molecule has 2 aromatic rings. The molecule has 0 aromatic heterocycles. The molecule has 6 rings (SSSR count). The largest absolute Gasteiger partial charge is 0.490 e. The number of piperidine rings is 2. The number of alkyl halides is 6. The van der Waals surface area contributed by atoms with Crippen LogP contribution in [0.1, 0.15) is 79.5 Å². The van der Waals surface area contributed by atoms with Crippen molar-refractivity contribution in [2.24, 2.45) is 17.3 Å². The van der Waals surface area contributed by atoms with Gasteiger partial charge in [0.1, 0.15) is 11.9 Å². The van der Waals surface area contributed by atoms with Gasteiger partial charge >= 0.3 is 18.3 Å². The summed E-state index contributed by atoms with van der Waals surface area (Å²) in [5.41, 5.74) is -1.17. The first-order chi connectivity index (χ1) is 19.1. The number of fused-ring (bicyclic) bond motifs is 1. The third-order valence-electron chi connectivity index (χ3n) is 10.3. The average molecular weight is 584 g/mol. The number of aryl methyl sites for hydroxylation is 1. The minimum atomic E-state index is -4.77. The number of hydrogen-bond donors (Lipinski definition) is 2. The van der Waals surface area contributed by atoms with Crippen LogP contribution in [0.3, 0.4) is 0 Å². The Kier molecular flexibility index (Phi) is 6.47. The smallest absolute Gasteiger partial charge is 0.416 e. The molecular formula is C30H31F6NO4. The number of aliphatic hydroxyl groups is 1. The lowest BCUT2D eigenvalue weighted by Crippen LogP contribution is -2.86. The Hall–Kier alpha value is -2.79. The Morgan fingerprint density at radius 2 is 1.76 bits per heavy atom. The Labute approximate surface area is 233 Å². The van der Waals surface area contributed by atoms with Crippen molar-refractivity contribution in [3.8, 4) is 5.75 Å². The summed E-state index contributed by atoms with van der Waals surface area (Å²) in [4.78, 5) is 13.3. The molecule has 1 spiro atoms. The van der Waals surface area contributed by atoms with Gasteiger partial charge in [0.25, 0.3) is 0 Å². The number of halogens is 6. The van der Waals surface area contributed by atoms with E-state index in [1.54, 1.807) is 19.1 Å². The summed E-state index contributed by atoms with van der Waals surface area (Å²) < 4.78 is 88.1. The summed E-state index contributed by atoms with van der Waals surface area (Å²) in [6, 6.07) is 6.06. The van der Waals surface area contributed by atoms with Crippen molar-refractivity contribution in [1.29, 1.82) is 0 Å². The third kappa shape index (κ3) is 4.25. The lowest BCUT2D eigenvalue weighted by Gasteiger charge is -2.82. The van der Waals surface area contributed by atoms with Gasteiger partial charge in [-0.25, -0.2) is 0 Å². The van der Waals surface area contributed by atoms with Crippen LogP contribution in [0.5, 0.6) is 5.75 Å². The highest BCUT2D eigenvalue weighted by molar-refractivity contribution is 5.70. The molecule has 2 heterocycles. The molecule has 1 saturated heterocycles. The number of nitrogens with zero attached hydrogens (tertiary/aromatic N) is 1. The fourth-order valence-electron chi connectivity index (χ4n) is 7.99. The molecule has 3 fully saturated rings. The summed E-state index contributed by atoms with van der Waals surface area (Å²) in [6.07, 6.45) is -7.00. The van der Waals surface area contributed by atoms with Gasteiger partial charge in [-0.05, 0) is 86.9 Å². The first-order valence-corrected chi connectivity index (χ1v) is 13.9. The van der Waals surface area contributed by atoms with E-state index in [-0.39, 0.29) is 35.1 Å². The SMILES string of the molecule is C[C@H](C(=O)O)[C@@H](O)c1ccc2c(c1)OC(C1CC3N([C@H](C)c4cc(C(F)(F)F)ccc4C(F)(F)F)C4CCC143)CC2. The van der Waals surface area contributed by atoms with Crippen LogP contribution in [-0.4, -0.2) is 39.3 Å². The minimum absolute atomic E-state index is 0.0218. The van der Waals surface area contributed by atoms with Crippen molar-refractivity contribution >= 4 is 5.97 Å². The van der Waals surface area contributed by atoms with E-state index in [2.05, 4.69) is 0 Å². The van der Waals surface area contributed by atoms with Crippen molar-refractivity contribution in [2.75, 3.05) is 0 Å². The summed E-state index contributed by atoms with van der Waals surface area (Å²) in [5.74, 6) is -1.33. The highest BCUT2D eigenvalue weighted by Gasteiger charge is 2.77. The Bertz CT molecular complexity index is 1370. The van der Waals surface area contributed by atoms with E-state index in [4.69, 9.17) is 4.74 Å². The van der Waals surface area contributed by atoms with Crippen LogP contribution in [0.15, 0.2) is 36.4 Å². The van der Waals surface area contributed by atoms with Gasteiger partial charge in [-0.1, -0.05) is 12.1 Å². The van der Waals surface area contributed by atoms with Gasteiger partial charge in [-0.3, -0.25) is 9.69 Å². The molecule has 5 nitrogen and oxygen atoms in total. The van der Waals surface area contributed by atoms with Crippen molar-refractivity contribution in [3.63, 3.8) is 0 Å². The van der Waals surface area contributed by atoms with Crippen LogP contribution in [0.4, 0.5) is 26.3 Å². The van der Waals surface area contributed by atoms with Gasteiger partial charge in [-0.15, -0.1) is 0 Å². The van der Waals surface area contributed by atoms with Crippen LogP contribution in [0.25, 0.3) is 0 Å². The maximum Gasteiger partial charge on any atom is 0.416 e. The molecule has 11 heteroatoms. The highest BCUT2D eigenvalue weighted by Crippen LogP contribution is 2.74. The molecule has 2 aliphatic heterocycles. The van der Waals surface area contributed by atoms with Gasteiger partial charge < -0.3 is 14.9 Å². The number of aliphatic carboxylic acids is 1. The van der Waals surface area contributed by atoms with Gasteiger partial charge in [0.05, 0.1) is 23.1 Å². The van der Waals surface area contributed by atoms with E-state index in [9.17, 15) is 41.4 Å². The van der Waals surface area contributed by atoms with Gasteiger partial charge in [-0.2, -0.15) is 26.3 Å². The number of carboxylic acids is 1. The van der Waals surface area contributed by atoms with Crippen LogP contribution in [0.2, 0.25) is 0 Å². The summed E-state index contributed by atoms with van der Waals surface area (Å²) >= 11 is 0. The summed E-state index contributed by atoms with van der Waals surface area (Å²) in [7, 11) is 0. The quantitative estimate of drug-likeness (QED) is 0.367. The zero-order chi connectivity index (χ0) is 29.6. The number of ether oxygens (including phenoxy) is 1. The topological polar surface area (TPSA) is 70.0 Å². The van der Waals surface area contributed by atoms with Crippen molar-refractivity contribution in [2.45, 2.75) is 88.6 Å². The number of carboxylic acid groups (broad SMARTS) is 1. The first-order valence-electron chi connectivity index (χ1n) is 13.9. The molecule has 2 saturated carbocycles. The van der Waals surface area contributed by atoms with Gasteiger partial charge in [0.15, 0.2) is 0 Å². The summed E-state index contributed by atoms with van der Waals surface area (Å²) in [6.45, 7) is 3.00. The first kappa shape index (κ1) is 28.3. The maximum atomic E-state index is 13.8. The Balaban J connectivity index is 1.21. The Morgan fingerprint density at radius 3 is 2.34 bits per heavy atom. The number of rotatable bonds is 6. The third-order valence-corrected chi connectivity index (χ3v) is 10.3. The standard InChI is InChI=1S/C30H31F6NO4/c1-14(27(39)40)26(38)17-4-3-16-5-8-22(41-23(16)11-17)21-13-25-28(21)10-9-24(28)37(25)15(2)19-12-18(29(31,32)33)6-7-20(19)30(34,35)36/h3-4,6-7,11-12,14-15,21-22,24-26,38H,5,8-10,13H2,1-2H3,(H,39,40)/t14-,15+,21?,22?,24?,25?,26+,28?/m0/s1. The molecule has 8 atom stereocenters. The highest BCUT2D eigenvalue weighted by atomic mass is 19.4. The second kappa shape index (κ2) is 9.36. The monoisotopic (exact) mass is 583 g/mol. The fourth-order valence-corrected chi connectivity index (χ4v) is 7.99. The van der Waals surface area contributed by atoms with Crippen molar-refractivity contribution in [3.05, 3.63) is 64.2 Å². The number of hydrogen-bond acceptors (Lipinski definition) is 4. The van der Waals surface area contributed by atoms with Crippen molar-refractivity contribution < 1.29 is 46.1 Å². The normalized spacial score (nSPS) is 31.1. The van der Waals surface area contributed by atoms with E-state index in [0.29, 0.717) is 35.9 Å². The number of carbonyl (C=O) groups is 1. The number of aliphatic hydroxyl groups excluding tert-OH is 1. The van der Waals surface area contributed by atoms with Gasteiger partial charge in [0, 0.05) is 29.5 Å². The molecule has 4 aliphatic rings. The zero-order valence-corrected chi connectivity index (χ0v) is 22.5. The number of benzene rings is 2. The molecule has 41 heavy (non-hydrogen) atoms. The second-order valence-corrected chi connectivity index (χ2v) is 12.1. The van der Waals surface area contributed by atoms with Crippen LogP contribution < -0.4 is 4.74 Å². The molecule has 5 unspecified atom stereocenters. The summed E-state index contributed by atoms with van der Waals surface area (Å²) in [5, 5.41) is 19.8. The van der Waals surface area contributed by atoms with E-state index < -0.39 is 47.5 Å². The van der Waals surface area contributed by atoms with Crippen molar-refractivity contribution in [1.82, 2.24) is 4.90 Å². The second-order valence-electron chi connectivity index (χ2n) is 12.1. The van der Waals surface area contributed by atoms with Crippen LogP contribution >= 0.6 is 0 Å². The molecular weight excluding hydrogens is 552 g/mol. The molecule has 2 aliphatic carbocycles. The van der Waals surface area contributed by atoms with Crippen LogP contribution in [-0.2, 0) is 23.6 Å². The lowest BCUT2D eigenvalue weighted by molar-refractivity contribution is -0.328. The molecule has 0 bridgehead atoms. The molecule has 0 amide bonds. The predicted molar refractivity (Wildman–Crippen MR) is 135 cm³/mol. The van der Waals surface area contributed by atoms with E-state index in [0.717, 1.165) is 31.2 Å². The lowest BCUT2D eigenvalue weighted by atomic mass is 9.36. The van der Waals surface area contributed by atoms with E-state index in [1.807, 2.05) is 11.0 Å². The van der Waals surface area contributed by atoms with E-state index in [1.165, 1.54) is 6.92 Å². The minimum Gasteiger partial charge on any atom is -0.490 e. The van der Waals surface area contributed by atoms with E-state index >= 15 is 0 Å². The zero-order valence-electron chi connectivity index (χ0n) is 22.5. The fraction of sp³-hybridized carbons (Fsp3) is 0.567. The molecule has 2 N–H and O–H groups in total. The average Bonchev–Trinajstić information content (AvgIpc) is 2.88. The van der Waals surface area contributed by atoms with Crippen LogP contribution in [0, 0.1) is 17.3 Å².